The van der Waals surface area contributed by atoms with Crippen LogP contribution < -0.4 is 10.6 Å². The minimum absolute atomic E-state index is 0.0332. The summed E-state index contributed by atoms with van der Waals surface area (Å²) >= 11 is 0. The number of benzene rings is 1. The topological polar surface area (TPSA) is 78.4 Å². The Morgan fingerprint density at radius 1 is 1.08 bits per heavy atom. The summed E-state index contributed by atoms with van der Waals surface area (Å²) in [5, 5.41) is 15.1. The highest BCUT2D eigenvalue weighted by Crippen LogP contribution is 2.22. The largest absolute Gasteiger partial charge is 0.390 e. The Kier molecular flexibility index (Phi) is 6.55. The molecule has 0 fully saturated rings. The first-order valence-electron chi connectivity index (χ1n) is 8.29. The van der Waals surface area contributed by atoms with Crippen LogP contribution in [0.15, 0.2) is 24.3 Å². The summed E-state index contributed by atoms with van der Waals surface area (Å²) in [5.41, 5.74) is 0.869. The van der Waals surface area contributed by atoms with Crippen molar-refractivity contribution in [2.45, 2.75) is 65.0 Å². The molecule has 1 aromatic rings. The van der Waals surface area contributed by atoms with Gasteiger partial charge in [-0.2, -0.15) is 0 Å². The summed E-state index contributed by atoms with van der Waals surface area (Å²) < 4.78 is 0. The SMILES string of the molecule is CC(CC(C)(C)O)NC(=O)CNC(=O)c1ccc(C(C)(C)C)cc1. The van der Waals surface area contributed by atoms with Crippen LogP contribution in [0.2, 0.25) is 0 Å². The summed E-state index contributed by atoms with van der Waals surface area (Å²) in [6.07, 6.45) is 0.445. The van der Waals surface area contributed by atoms with Gasteiger partial charge in [-0.15, -0.1) is 0 Å². The molecule has 2 amide bonds. The van der Waals surface area contributed by atoms with Gasteiger partial charge in [-0.25, -0.2) is 0 Å². The lowest BCUT2D eigenvalue weighted by atomic mass is 9.87. The molecular formula is C19H30N2O3. The van der Waals surface area contributed by atoms with E-state index >= 15 is 0 Å². The molecule has 0 aromatic heterocycles. The maximum atomic E-state index is 12.1. The van der Waals surface area contributed by atoms with E-state index in [-0.39, 0.29) is 29.8 Å². The van der Waals surface area contributed by atoms with Crippen LogP contribution in [0.3, 0.4) is 0 Å². The number of carbonyl (C=O) groups is 2. The van der Waals surface area contributed by atoms with E-state index in [1.165, 1.54) is 0 Å². The van der Waals surface area contributed by atoms with Crippen molar-refractivity contribution in [3.63, 3.8) is 0 Å². The maximum Gasteiger partial charge on any atom is 0.251 e. The van der Waals surface area contributed by atoms with E-state index in [1.807, 2.05) is 19.1 Å². The Labute approximate surface area is 144 Å². The molecule has 0 saturated carbocycles. The standard InChI is InChI=1S/C19H30N2O3/c1-13(11-19(5,6)24)21-16(22)12-20-17(23)14-7-9-15(10-8-14)18(2,3)4/h7-10,13,24H,11-12H2,1-6H3,(H,20,23)(H,21,22). The number of hydrogen-bond donors (Lipinski definition) is 3. The normalized spacial score (nSPS) is 13.3. The number of hydrogen-bond acceptors (Lipinski definition) is 3. The van der Waals surface area contributed by atoms with E-state index in [0.717, 1.165) is 5.56 Å². The van der Waals surface area contributed by atoms with Crippen molar-refractivity contribution in [1.29, 1.82) is 0 Å². The van der Waals surface area contributed by atoms with E-state index in [4.69, 9.17) is 0 Å². The fraction of sp³-hybridized carbons (Fsp3) is 0.579. The fourth-order valence-electron chi connectivity index (χ4n) is 2.51. The second-order valence-corrected chi connectivity index (χ2v) is 8.00. The molecule has 0 radical (unpaired) electrons. The zero-order chi connectivity index (χ0) is 18.5. The molecule has 0 spiro atoms. The third-order valence-corrected chi connectivity index (χ3v) is 3.64. The Hall–Kier alpha value is -1.88. The highest BCUT2D eigenvalue weighted by atomic mass is 16.3. The van der Waals surface area contributed by atoms with E-state index < -0.39 is 5.60 Å². The molecule has 134 valence electrons. The Morgan fingerprint density at radius 3 is 2.08 bits per heavy atom. The van der Waals surface area contributed by atoms with Crippen molar-refractivity contribution in [2.75, 3.05) is 6.54 Å². The van der Waals surface area contributed by atoms with Gasteiger partial charge in [-0.3, -0.25) is 9.59 Å². The molecule has 1 atom stereocenters. The van der Waals surface area contributed by atoms with Gasteiger partial charge in [0.1, 0.15) is 0 Å². The number of nitrogens with one attached hydrogen (secondary N) is 2. The van der Waals surface area contributed by atoms with Gasteiger partial charge in [-0.05, 0) is 50.3 Å². The van der Waals surface area contributed by atoms with Crippen molar-refractivity contribution < 1.29 is 14.7 Å². The van der Waals surface area contributed by atoms with Gasteiger partial charge in [0.05, 0.1) is 12.1 Å². The molecule has 3 N–H and O–H groups in total. The Balaban J connectivity index is 2.50. The highest BCUT2D eigenvalue weighted by molar-refractivity contribution is 5.96. The van der Waals surface area contributed by atoms with Crippen LogP contribution in [0.4, 0.5) is 0 Å². The van der Waals surface area contributed by atoms with Gasteiger partial charge in [0.25, 0.3) is 5.91 Å². The van der Waals surface area contributed by atoms with Gasteiger partial charge in [0.15, 0.2) is 0 Å². The molecule has 5 heteroatoms. The fourth-order valence-corrected chi connectivity index (χ4v) is 2.51. The second kappa shape index (κ2) is 7.79. The van der Waals surface area contributed by atoms with Crippen molar-refractivity contribution >= 4 is 11.8 Å². The number of carbonyl (C=O) groups excluding carboxylic acids is 2. The summed E-state index contributed by atoms with van der Waals surface area (Å²) in [7, 11) is 0. The molecule has 0 heterocycles. The summed E-state index contributed by atoms with van der Waals surface area (Å²) in [6.45, 7) is 11.5. The maximum absolute atomic E-state index is 12.1. The molecule has 1 unspecified atom stereocenters. The van der Waals surface area contributed by atoms with E-state index in [1.54, 1.807) is 26.0 Å². The van der Waals surface area contributed by atoms with Gasteiger partial charge in [-0.1, -0.05) is 32.9 Å². The van der Waals surface area contributed by atoms with Crippen molar-refractivity contribution in [3.8, 4) is 0 Å². The van der Waals surface area contributed by atoms with Crippen molar-refractivity contribution in [2.24, 2.45) is 0 Å². The van der Waals surface area contributed by atoms with Crippen molar-refractivity contribution in [3.05, 3.63) is 35.4 Å². The monoisotopic (exact) mass is 334 g/mol. The van der Waals surface area contributed by atoms with E-state index in [0.29, 0.717) is 12.0 Å². The summed E-state index contributed by atoms with van der Waals surface area (Å²) in [5.74, 6) is -0.549. The van der Waals surface area contributed by atoms with Crippen molar-refractivity contribution in [1.82, 2.24) is 10.6 Å². The van der Waals surface area contributed by atoms with Gasteiger partial charge < -0.3 is 15.7 Å². The second-order valence-electron chi connectivity index (χ2n) is 8.00. The third-order valence-electron chi connectivity index (χ3n) is 3.64. The molecular weight excluding hydrogens is 304 g/mol. The predicted molar refractivity (Wildman–Crippen MR) is 96.0 cm³/mol. The molecule has 5 nitrogen and oxygen atoms in total. The minimum atomic E-state index is -0.843. The first-order valence-corrected chi connectivity index (χ1v) is 8.29. The van der Waals surface area contributed by atoms with Crippen LogP contribution >= 0.6 is 0 Å². The zero-order valence-electron chi connectivity index (χ0n) is 15.6. The first kappa shape index (κ1) is 20.2. The van der Waals surface area contributed by atoms with Gasteiger partial charge in [0.2, 0.25) is 5.91 Å². The lowest BCUT2D eigenvalue weighted by molar-refractivity contribution is -0.121. The molecule has 0 aliphatic carbocycles. The Bertz CT molecular complexity index is 566. The molecule has 0 aliphatic heterocycles. The van der Waals surface area contributed by atoms with Crippen LogP contribution in [-0.4, -0.2) is 35.1 Å². The molecule has 24 heavy (non-hydrogen) atoms. The van der Waals surface area contributed by atoms with E-state index in [9.17, 15) is 14.7 Å². The first-order chi connectivity index (χ1) is 10.9. The number of aliphatic hydroxyl groups is 1. The quantitative estimate of drug-likeness (QED) is 0.747. The average Bonchev–Trinajstić information content (AvgIpc) is 2.41. The van der Waals surface area contributed by atoms with Crippen LogP contribution in [0.25, 0.3) is 0 Å². The third kappa shape index (κ3) is 7.13. The van der Waals surface area contributed by atoms with E-state index in [2.05, 4.69) is 31.4 Å². The average molecular weight is 334 g/mol. The zero-order valence-corrected chi connectivity index (χ0v) is 15.6. The summed E-state index contributed by atoms with van der Waals surface area (Å²) in [6, 6.07) is 7.23. The predicted octanol–water partition coefficient (Wildman–Crippen LogP) is 2.38. The van der Waals surface area contributed by atoms with Crippen LogP contribution in [0, 0.1) is 0 Å². The molecule has 0 aliphatic rings. The number of rotatable bonds is 6. The van der Waals surface area contributed by atoms with Crippen LogP contribution in [-0.2, 0) is 10.2 Å². The highest BCUT2D eigenvalue weighted by Gasteiger charge is 2.19. The lowest BCUT2D eigenvalue weighted by Crippen LogP contribution is -2.43. The van der Waals surface area contributed by atoms with Crippen LogP contribution in [0.1, 0.15) is 63.9 Å². The molecule has 1 rings (SSSR count). The van der Waals surface area contributed by atoms with Crippen LogP contribution in [0.5, 0.6) is 0 Å². The minimum Gasteiger partial charge on any atom is -0.390 e. The lowest BCUT2D eigenvalue weighted by Gasteiger charge is -2.23. The molecule has 1 aromatic carbocycles. The molecule has 0 bridgehead atoms. The summed E-state index contributed by atoms with van der Waals surface area (Å²) in [4.78, 5) is 23.9. The molecule has 0 saturated heterocycles. The van der Waals surface area contributed by atoms with Gasteiger partial charge in [0, 0.05) is 11.6 Å². The number of amides is 2. The van der Waals surface area contributed by atoms with Gasteiger partial charge >= 0.3 is 0 Å². The Morgan fingerprint density at radius 2 is 1.62 bits per heavy atom. The smallest absolute Gasteiger partial charge is 0.251 e.